The average molecular weight is 397 g/mol. The van der Waals surface area contributed by atoms with Gasteiger partial charge in [0.2, 0.25) is 15.9 Å². The molecule has 0 aliphatic rings. The quantitative estimate of drug-likeness (QED) is 0.721. The molecule has 9 nitrogen and oxygen atoms in total. The molecule has 0 radical (unpaired) electrons. The number of carbonyl (C=O) groups is 1. The zero-order valence-corrected chi connectivity index (χ0v) is 16.7. The molecule has 0 saturated heterocycles. The fraction of sp³-hybridized carbons (Fsp3) is 0.412. The Balaban J connectivity index is 2.15. The maximum atomic E-state index is 12.5. The van der Waals surface area contributed by atoms with Crippen molar-refractivity contribution in [1.82, 2.24) is 9.88 Å². The molecular weight excluding hydrogens is 374 g/mol. The van der Waals surface area contributed by atoms with Crippen molar-refractivity contribution >= 4 is 21.6 Å². The highest BCUT2D eigenvalue weighted by molar-refractivity contribution is 7.89. The van der Waals surface area contributed by atoms with Crippen molar-refractivity contribution in [3.05, 3.63) is 29.7 Å². The summed E-state index contributed by atoms with van der Waals surface area (Å²) in [7, 11) is -0.779. The number of hydrogen-bond donors (Lipinski definition) is 1. The predicted molar refractivity (Wildman–Crippen MR) is 98.7 cm³/mol. The summed E-state index contributed by atoms with van der Waals surface area (Å²) < 4.78 is 42.7. The van der Waals surface area contributed by atoms with Crippen LogP contribution in [-0.4, -0.2) is 46.8 Å². The van der Waals surface area contributed by atoms with Crippen molar-refractivity contribution in [3.8, 4) is 11.5 Å². The number of methoxy groups -OCH3 is 2. The third kappa shape index (κ3) is 4.58. The van der Waals surface area contributed by atoms with Gasteiger partial charge in [-0.05, 0) is 26.0 Å². The molecule has 27 heavy (non-hydrogen) atoms. The van der Waals surface area contributed by atoms with Crippen LogP contribution < -0.4 is 19.1 Å². The lowest BCUT2D eigenvalue weighted by Crippen LogP contribution is -2.37. The zero-order chi connectivity index (χ0) is 20.2. The Bertz CT molecular complexity index is 903. The first-order valence-electron chi connectivity index (χ1n) is 8.14. The molecule has 148 valence electrons. The smallest absolute Gasteiger partial charge is 0.246 e. The largest absolute Gasteiger partial charge is 0.493 e. The molecule has 0 aliphatic heterocycles. The van der Waals surface area contributed by atoms with Crippen LogP contribution in [0.3, 0.4) is 0 Å². The van der Waals surface area contributed by atoms with Crippen molar-refractivity contribution in [2.45, 2.75) is 25.7 Å². The fourth-order valence-electron chi connectivity index (χ4n) is 2.68. The summed E-state index contributed by atoms with van der Waals surface area (Å²) >= 11 is 0. The van der Waals surface area contributed by atoms with Gasteiger partial charge in [0.15, 0.2) is 17.3 Å². The van der Waals surface area contributed by atoms with Crippen molar-refractivity contribution in [2.75, 3.05) is 32.2 Å². The number of nitrogens with zero attached hydrogens (tertiary/aromatic N) is 2. The molecule has 10 heteroatoms. The van der Waals surface area contributed by atoms with E-state index < -0.39 is 10.0 Å². The summed E-state index contributed by atoms with van der Waals surface area (Å²) in [6.45, 7) is 4.63. The molecule has 0 spiro atoms. The Morgan fingerprint density at radius 3 is 2.41 bits per heavy atom. The van der Waals surface area contributed by atoms with Gasteiger partial charge in [-0.25, -0.2) is 13.1 Å². The topological polar surface area (TPSA) is 111 Å². The predicted octanol–water partition coefficient (Wildman–Crippen LogP) is 1.64. The molecule has 1 aromatic heterocycles. The molecule has 2 aromatic rings. The molecule has 1 N–H and O–H groups in total. The van der Waals surface area contributed by atoms with Crippen LogP contribution in [0.1, 0.15) is 18.4 Å². The van der Waals surface area contributed by atoms with Gasteiger partial charge in [0, 0.05) is 31.8 Å². The van der Waals surface area contributed by atoms with Crippen molar-refractivity contribution in [2.24, 2.45) is 0 Å². The van der Waals surface area contributed by atoms with Gasteiger partial charge in [-0.3, -0.25) is 4.79 Å². The van der Waals surface area contributed by atoms with E-state index in [1.165, 1.54) is 33.0 Å². The minimum absolute atomic E-state index is 0.0142. The van der Waals surface area contributed by atoms with Crippen molar-refractivity contribution < 1.29 is 27.2 Å². The zero-order valence-electron chi connectivity index (χ0n) is 15.9. The maximum Gasteiger partial charge on any atom is 0.246 e. The highest BCUT2D eigenvalue weighted by atomic mass is 32.2. The molecule has 2 rings (SSSR count). The molecule has 0 atom stereocenters. The molecule has 1 heterocycles. The number of rotatable bonds is 8. The van der Waals surface area contributed by atoms with Gasteiger partial charge in [0.25, 0.3) is 0 Å². The van der Waals surface area contributed by atoms with E-state index in [1.807, 2.05) is 0 Å². The molecule has 0 fully saturated rings. The summed E-state index contributed by atoms with van der Waals surface area (Å²) in [6.07, 6.45) is 0. The lowest BCUT2D eigenvalue weighted by Gasteiger charge is -2.22. The number of benzene rings is 1. The number of sulfonamides is 1. The third-order valence-corrected chi connectivity index (χ3v) is 5.63. The normalized spacial score (nSPS) is 11.3. The van der Waals surface area contributed by atoms with Gasteiger partial charge < -0.3 is 18.9 Å². The van der Waals surface area contributed by atoms with E-state index in [0.717, 1.165) is 0 Å². The third-order valence-electron chi connectivity index (χ3n) is 3.92. The molecule has 0 saturated carbocycles. The lowest BCUT2D eigenvalue weighted by molar-refractivity contribution is -0.116. The van der Waals surface area contributed by atoms with Gasteiger partial charge in [0.1, 0.15) is 10.6 Å². The van der Waals surface area contributed by atoms with Gasteiger partial charge in [-0.15, -0.1) is 0 Å². The van der Waals surface area contributed by atoms with E-state index in [-0.39, 0.29) is 35.3 Å². The van der Waals surface area contributed by atoms with E-state index in [4.69, 9.17) is 14.0 Å². The average Bonchev–Trinajstić information content (AvgIpc) is 2.97. The number of anilines is 1. The van der Waals surface area contributed by atoms with Crippen molar-refractivity contribution in [3.63, 3.8) is 0 Å². The van der Waals surface area contributed by atoms with Crippen LogP contribution in [0.2, 0.25) is 0 Å². The van der Waals surface area contributed by atoms with Crippen LogP contribution in [0, 0.1) is 13.8 Å². The van der Waals surface area contributed by atoms with E-state index in [9.17, 15) is 13.2 Å². The summed E-state index contributed by atoms with van der Waals surface area (Å²) in [5.41, 5.74) is 0.847. The second kappa shape index (κ2) is 8.40. The summed E-state index contributed by atoms with van der Waals surface area (Å²) in [4.78, 5) is 13.5. The highest BCUT2D eigenvalue weighted by Gasteiger charge is 2.24. The van der Waals surface area contributed by atoms with Crippen LogP contribution in [0.5, 0.6) is 11.5 Å². The Labute approximate surface area is 158 Å². The number of hydrogen-bond acceptors (Lipinski definition) is 7. The SMILES string of the molecule is COc1ccc(N(CCNS(=O)(=O)c2c(C)noc2C)C(C)=O)cc1OC. The number of aromatic nitrogens is 1. The van der Waals surface area contributed by atoms with Crippen LogP contribution in [-0.2, 0) is 14.8 Å². The van der Waals surface area contributed by atoms with E-state index in [2.05, 4.69) is 9.88 Å². The first-order valence-corrected chi connectivity index (χ1v) is 9.62. The molecular formula is C17H23N3O6S. The van der Waals surface area contributed by atoms with Crippen LogP contribution in [0.15, 0.2) is 27.6 Å². The standard InChI is InChI=1S/C17H23N3O6S/c1-11-17(12(2)26-19-11)27(22,23)18-8-9-20(13(3)21)14-6-7-15(24-4)16(10-14)25-5/h6-7,10,18H,8-9H2,1-5H3. The Kier molecular flexibility index (Phi) is 6.45. The van der Waals surface area contributed by atoms with Gasteiger partial charge in [0.05, 0.1) is 14.2 Å². The molecule has 0 unspecified atom stereocenters. The van der Waals surface area contributed by atoms with Gasteiger partial charge >= 0.3 is 0 Å². The van der Waals surface area contributed by atoms with Crippen LogP contribution >= 0.6 is 0 Å². The Hall–Kier alpha value is -2.59. The lowest BCUT2D eigenvalue weighted by atomic mass is 10.2. The number of nitrogens with one attached hydrogen (secondary N) is 1. The number of carbonyl (C=O) groups excluding carboxylic acids is 1. The molecule has 0 aliphatic carbocycles. The number of aryl methyl sites for hydroxylation is 2. The fourth-order valence-corrected chi connectivity index (χ4v) is 4.03. The minimum Gasteiger partial charge on any atom is -0.493 e. The maximum absolute atomic E-state index is 12.5. The van der Waals surface area contributed by atoms with Crippen molar-refractivity contribution in [1.29, 1.82) is 0 Å². The first kappa shape index (κ1) is 20.7. The molecule has 1 aromatic carbocycles. The Morgan fingerprint density at radius 1 is 1.22 bits per heavy atom. The van der Waals surface area contributed by atoms with Gasteiger partial charge in [-0.1, -0.05) is 5.16 Å². The second-order valence-electron chi connectivity index (χ2n) is 5.76. The van der Waals surface area contributed by atoms with E-state index in [1.54, 1.807) is 25.1 Å². The number of amides is 1. The van der Waals surface area contributed by atoms with E-state index >= 15 is 0 Å². The summed E-state index contributed by atoms with van der Waals surface area (Å²) in [5.74, 6) is 0.975. The first-order chi connectivity index (χ1) is 12.7. The van der Waals surface area contributed by atoms with Gasteiger partial charge in [-0.2, -0.15) is 0 Å². The molecule has 0 bridgehead atoms. The monoisotopic (exact) mass is 397 g/mol. The minimum atomic E-state index is -3.79. The highest BCUT2D eigenvalue weighted by Crippen LogP contribution is 2.31. The molecule has 1 amide bonds. The van der Waals surface area contributed by atoms with Crippen LogP contribution in [0.25, 0.3) is 0 Å². The second-order valence-corrected chi connectivity index (χ2v) is 7.46. The van der Waals surface area contributed by atoms with E-state index in [0.29, 0.717) is 17.2 Å². The number of ether oxygens (including phenoxy) is 2. The van der Waals surface area contributed by atoms with Crippen LogP contribution in [0.4, 0.5) is 5.69 Å². The Morgan fingerprint density at radius 2 is 1.89 bits per heavy atom. The summed E-state index contributed by atoms with van der Waals surface area (Å²) in [6, 6.07) is 5.03. The summed E-state index contributed by atoms with van der Waals surface area (Å²) in [5, 5.41) is 3.65.